The Hall–Kier alpha value is -9.02. The maximum atomic E-state index is 12.4. The number of anilines is 3. The Morgan fingerprint density at radius 2 is 1.17 bits per heavy atom. The number of hydrogen-bond acceptors (Lipinski definition) is 18. The molecule has 127 heavy (non-hydrogen) atoms. The summed E-state index contributed by atoms with van der Waals surface area (Å²) in [5, 5.41) is 25.6. The monoisotopic (exact) mass is 1740 g/mol. The minimum Gasteiger partial charge on any atom is -0.438 e. The second kappa shape index (κ2) is 47.0. The maximum absolute atomic E-state index is 12.4. The van der Waals surface area contributed by atoms with Crippen LogP contribution in [0.5, 0.6) is 0 Å². The lowest BCUT2D eigenvalue weighted by Crippen LogP contribution is -2.61. The molecule has 9 fully saturated rings. The molecule has 2 unspecified atom stereocenters. The van der Waals surface area contributed by atoms with Gasteiger partial charge in [0.1, 0.15) is 11.3 Å². The molecular weight excluding hydrogens is 1590 g/mol. The Balaban J connectivity index is 0.000000134. The fourth-order valence-electron chi connectivity index (χ4n) is 19.8. The summed E-state index contributed by atoms with van der Waals surface area (Å²) in [6, 6.07) is 44.0. The topological polar surface area (TPSA) is 241 Å². The quantitative estimate of drug-likeness (QED) is 0.0764. The Labute approximate surface area is 758 Å². The van der Waals surface area contributed by atoms with Crippen LogP contribution >= 0.6 is 0 Å². The van der Waals surface area contributed by atoms with Gasteiger partial charge in [0.15, 0.2) is 0 Å². The van der Waals surface area contributed by atoms with Gasteiger partial charge in [-0.3, -0.25) is 44.6 Å². The van der Waals surface area contributed by atoms with Gasteiger partial charge in [-0.15, -0.1) is 0 Å². The van der Waals surface area contributed by atoms with Crippen molar-refractivity contribution in [2.45, 2.75) is 211 Å². The number of aromatic nitrogens is 4. The zero-order chi connectivity index (χ0) is 90.2. The second-order valence-corrected chi connectivity index (χ2v) is 38.7. The van der Waals surface area contributed by atoms with Crippen molar-refractivity contribution in [2.24, 2.45) is 17.3 Å². The van der Waals surface area contributed by atoms with E-state index < -0.39 is 5.60 Å². The summed E-state index contributed by atoms with van der Waals surface area (Å²) in [7, 11) is 17.1. The van der Waals surface area contributed by atoms with Gasteiger partial charge in [-0.1, -0.05) is 119 Å². The summed E-state index contributed by atoms with van der Waals surface area (Å²) in [6.45, 7) is 28.8. The zero-order valence-electron chi connectivity index (χ0n) is 78.7. The number of amides is 6. The highest BCUT2D eigenvalue weighted by atomic mass is 16.6. The third-order valence-electron chi connectivity index (χ3n) is 28.6. The van der Waals surface area contributed by atoms with E-state index in [1.165, 1.54) is 107 Å². The van der Waals surface area contributed by atoms with Crippen molar-refractivity contribution in [1.29, 1.82) is 0 Å². The van der Waals surface area contributed by atoms with Gasteiger partial charge in [0.2, 0.25) is 11.8 Å². The first-order chi connectivity index (χ1) is 61.2. The number of pyridine rings is 2. The van der Waals surface area contributed by atoms with Gasteiger partial charge in [0.25, 0.3) is 5.91 Å². The van der Waals surface area contributed by atoms with Gasteiger partial charge < -0.3 is 64.6 Å². The molecule has 0 aliphatic carbocycles. The molecule has 12 aliphatic rings. The average molecular weight is 1740 g/mol. The number of benzene rings is 4. The van der Waals surface area contributed by atoms with Crippen LogP contribution in [0.2, 0.25) is 0 Å². The van der Waals surface area contributed by atoms with E-state index in [0.29, 0.717) is 47.5 Å². The standard InChI is InChI=1S/C19H23N3O.C15H24N4O.C15H20N2O.C14H19N3O.C13H16N2O2.C10H14N2.C9H19NO.C7H15N/c1-14(21-19(23)18-9-5-11-22(18)2)15-6-3-7-16(12-15)17-8-4-10-20-13-17;1-11(2)12-8-13(17-16-12)14(20)19-9-15(10-19)4-6-18(3)7-5-15;1-16-8-6-12(7-9-16)11-17-14-5-3-2-4-13(14)10-15(17)18;1-16-8-6-12(7-9-16)17-10-11-4-2-3-5-13(11)15-14(17)18;1-15-8-6-13(7-9-15)10-4-2-3-5-11(10)14-12(16)17-13;1-12-7-3-5-10(12)9-4-2-6-11-8-9;1-3-9(11)8-6-4-5-7-10(8)2;1-7-3-5-8(2)6-4-7/h3-4,6-8,10,12-14,18H,5,9,11H2,1-2H3,(H,21,23);8,11H,4-7,9-10H2,1-3H3,(H,16,17);2-5,12H,6-11H2,1H3;2-5,12H,6-10H2,1H3,(H,15,18);2-5H,6-9H2,1H3,(H,14,16);2,4,6,8,10H,3,5,7H2,1H3;8-9,11H,3-7H2,1-2H3;7H,3-6H2,1-2H3/t14-,18?;;;;;;8-,9+;/m1.....1./s1. The smallest absolute Gasteiger partial charge is 0.412 e. The highest BCUT2D eigenvalue weighted by Gasteiger charge is 2.48. The molecule has 690 valence electrons. The van der Waals surface area contributed by atoms with Crippen molar-refractivity contribution in [1.82, 2.24) is 74.5 Å². The van der Waals surface area contributed by atoms with Crippen LogP contribution in [0, 0.1) is 17.3 Å². The largest absolute Gasteiger partial charge is 0.438 e. The van der Waals surface area contributed by atoms with E-state index in [9.17, 15) is 29.1 Å². The first kappa shape index (κ1) is 97.0. The van der Waals surface area contributed by atoms with Crippen LogP contribution < -0.4 is 20.9 Å². The number of H-pyrrole nitrogens is 1. The van der Waals surface area contributed by atoms with Crippen molar-refractivity contribution < 1.29 is 33.8 Å². The predicted octanol–water partition coefficient (Wildman–Crippen LogP) is 15.4. The third-order valence-corrected chi connectivity index (χ3v) is 28.6. The molecule has 5 atom stereocenters. The van der Waals surface area contributed by atoms with E-state index >= 15 is 0 Å². The molecule has 2 spiro atoms. The molecule has 0 bridgehead atoms. The van der Waals surface area contributed by atoms with Crippen molar-refractivity contribution in [3.63, 3.8) is 0 Å². The Kier molecular flexibility index (Phi) is 35.9. The third kappa shape index (κ3) is 27.1. The van der Waals surface area contributed by atoms with Crippen LogP contribution in [0.4, 0.5) is 26.7 Å². The molecule has 0 saturated carbocycles. The van der Waals surface area contributed by atoms with Gasteiger partial charge in [-0.05, 0) is 325 Å². The Bertz CT molecular complexity index is 4540. The number of piperidine rings is 6. The fourth-order valence-corrected chi connectivity index (χ4v) is 19.8. The molecule has 25 nitrogen and oxygen atoms in total. The molecule has 0 radical (unpaired) electrons. The number of ether oxygens (including phenoxy) is 1. The minimum absolute atomic E-state index is 0.00637. The van der Waals surface area contributed by atoms with Gasteiger partial charge in [0.05, 0.1) is 30.3 Å². The van der Waals surface area contributed by atoms with E-state index in [4.69, 9.17) is 4.74 Å². The summed E-state index contributed by atoms with van der Waals surface area (Å²) in [5.74, 6) is 2.50. The lowest BCUT2D eigenvalue weighted by molar-refractivity contribution is -0.125. The van der Waals surface area contributed by atoms with Crippen molar-refractivity contribution in [3.05, 3.63) is 191 Å². The van der Waals surface area contributed by atoms with E-state index in [1.54, 1.807) is 6.20 Å². The van der Waals surface area contributed by atoms with Gasteiger partial charge >= 0.3 is 12.1 Å². The van der Waals surface area contributed by atoms with E-state index in [-0.39, 0.29) is 48.0 Å². The number of rotatable bonds is 12. The maximum Gasteiger partial charge on any atom is 0.412 e. The van der Waals surface area contributed by atoms with Gasteiger partial charge in [0, 0.05) is 123 Å². The molecule has 25 heteroatoms. The van der Waals surface area contributed by atoms with Gasteiger partial charge in [-0.25, -0.2) is 9.59 Å². The van der Waals surface area contributed by atoms with Gasteiger partial charge in [-0.2, -0.15) is 5.10 Å². The summed E-state index contributed by atoms with van der Waals surface area (Å²) in [4.78, 5) is 93.5. The SMILES string of the molecule is CC(C)c1cc(C(=O)N2CC3(CCN(C)CC3)C2)n[nH]1.CC1CCN(C)CC1.CC[C@H](O)[C@H]1CCCCN1C.CN1CCC(CN2C(=O)Cc3ccccc32)CC1.CN1CCC(N2Cc3ccccc3NC2=O)CC1.CN1CCC2(CC1)OC(=O)Nc1ccccc12.CN1CCCC1c1cccnc1.C[C@@H](NC(=O)C1CCCN1C)c1cccc(-c2cccnc2)c1. The van der Waals surface area contributed by atoms with Crippen LogP contribution in [-0.4, -0.2) is 289 Å². The van der Waals surface area contributed by atoms with Crippen molar-refractivity contribution in [3.8, 4) is 11.1 Å². The number of aromatic amines is 1. The number of hydrogen-bond donors (Lipinski definition) is 5. The average Bonchev–Trinajstić information content (AvgIpc) is 1.44. The summed E-state index contributed by atoms with van der Waals surface area (Å²) in [6.07, 6.45) is 28.4. The molecule has 15 heterocycles. The van der Waals surface area contributed by atoms with Crippen LogP contribution in [-0.2, 0) is 32.9 Å². The predicted molar refractivity (Wildman–Crippen MR) is 510 cm³/mol. The van der Waals surface area contributed by atoms with E-state index in [0.717, 1.165) is 188 Å². The second-order valence-electron chi connectivity index (χ2n) is 38.7. The number of aliphatic hydroxyl groups excluding tert-OH is 1. The molecule has 5 N–H and O–H groups in total. The first-order valence-corrected chi connectivity index (χ1v) is 47.6. The summed E-state index contributed by atoms with van der Waals surface area (Å²) in [5.41, 5.74) is 12.8. The number of likely N-dealkylation sites (tertiary alicyclic amines) is 9. The van der Waals surface area contributed by atoms with Crippen molar-refractivity contribution >= 4 is 46.9 Å². The number of fused-ring (bicyclic) bond motifs is 4. The summed E-state index contributed by atoms with van der Waals surface area (Å²) < 4.78 is 5.61. The van der Waals surface area contributed by atoms with Crippen LogP contribution in [0.1, 0.15) is 212 Å². The molecule has 9 saturated heterocycles. The highest BCUT2D eigenvalue weighted by molar-refractivity contribution is 6.01. The molecule has 6 amide bonds. The number of urea groups is 1. The number of carbonyl (C=O) groups excluding carboxylic acids is 5. The Morgan fingerprint density at radius 3 is 1.79 bits per heavy atom. The number of nitrogens with one attached hydrogen (secondary N) is 4. The highest BCUT2D eigenvalue weighted by Crippen LogP contribution is 2.44. The zero-order valence-corrected chi connectivity index (χ0v) is 78.7. The minimum atomic E-state index is -0.411. The molecule has 19 rings (SSSR count). The number of likely N-dealkylation sites (N-methyl/N-ethyl adjacent to an activating group) is 2. The molecular formula is C102H150N18O7. The molecule has 4 aromatic carbocycles. The lowest BCUT2D eigenvalue weighted by atomic mass is 9.72. The van der Waals surface area contributed by atoms with Crippen LogP contribution in [0.25, 0.3) is 11.1 Å². The van der Waals surface area contributed by atoms with E-state index in [1.807, 2.05) is 133 Å². The van der Waals surface area contributed by atoms with Crippen molar-refractivity contribution in [2.75, 3.05) is 177 Å². The number of para-hydroxylation sites is 3. The van der Waals surface area contributed by atoms with Crippen LogP contribution in [0.15, 0.2) is 152 Å². The Morgan fingerprint density at radius 1 is 0.575 bits per heavy atom. The fraction of sp³-hybridized carbons (Fsp3) is 0.588. The molecule has 7 aromatic rings. The van der Waals surface area contributed by atoms with Crippen LogP contribution in [0.3, 0.4) is 0 Å². The number of nitrogens with zero attached hydrogens (tertiary/aromatic N) is 14. The molecule has 3 aromatic heterocycles. The summed E-state index contributed by atoms with van der Waals surface area (Å²) >= 11 is 0. The lowest BCUT2D eigenvalue weighted by Gasteiger charge is -2.53. The first-order valence-electron chi connectivity index (χ1n) is 47.6. The molecule has 12 aliphatic heterocycles. The number of carbonyl (C=O) groups is 5. The van der Waals surface area contributed by atoms with E-state index in [2.05, 4.69) is 194 Å². The normalized spacial score (nSPS) is 22.8. The number of aliphatic hydroxyl groups is 1.